The standard InChI is InChI=1S/C26H37BrN2O2/c1-3-5-7-8-20-9-11-21(12-10-20)19-31-26-28-17-23(18-29-26)22-13-14-25(24(27)16-22)30-15-6-4-2/h13-14,16-18,20-21H,3-12,15,19H2,1-2H3/t20-,21-. The van der Waals surface area contributed by atoms with Crippen LogP contribution in [0.5, 0.6) is 11.8 Å². The van der Waals surface area contributed by atoms with Crippen molar-refractivity contribution in [2.24, 2.45) is 11.8 Å². The zero-order valence-electron chi connectivity index (χ0n) is 19.1. The van der Waals surface area contributed by atoms with Gasteiger partial charge >= 0.3 is 6.01 Å². The van der Waals surface area contributed by atoms with E-state index in [0.29, 0.717) is 11.9 Å². The molecule has 31 heavy (non-hydrogen) atoms. The molecular formula is C26H37BrN2O2. The van der Waals surface area contributed by atoms with Gasteiger partial charge in [-0.2, -0.15) is 0 Å². The van der Waals surface area contributed by atoms with Gasteiger partial charge in [0.2, 0.25) is 0 Å². The van der Waals surface area contributed by atoms with Crippen LogP contribution in [-0.4, -0.2) is 23.2 Å². The van der Waals surface area contributed by atoms with Crippen LogP contribution in [0.4, 0.5) is 0 Å². The van der Waals surface area contributed by atoms with E-state index in [9.17, 15) is 0 Å². The average Bonchev–Trinajstić information content (AvgIpc) is 2.80. The fraction of sp³-hybridized carbons (Fsp3) is 0.615. The van der Waals surface area contributed by atoms with E-state index in [1.54, 1.807) is 0 Å². The maximum Gasteiger partial charge on any atom is 0.316 e. The molecule has 0 N–H and O–H groups in total. The summed E-state index contributed by atoms with van der Waals surface area (Å²) in [5, 5.41) is 0. The third-order valence-electron chi connectivity index (χ3n) is 6.28. The largest absolute Gasteiger partial charge is 0.492 e. The van der Waals surface area contributed by atoms with Crippen LogP contribution in [0.3, 0.4) is 0 Å². The molecule has 0 aliphatic heterocycles. The number of aromatic nitrogens is 2. The Hall–Kier alpha value is -1.62. The molecule has 0 unspecified atom stereocenters. The Morgan fingerprint density at radius 1 is 0.871 bits per heavy atom. The molecule has 4 nitrogen and oxygen atoms in total. The lowest BCUT2D eigenvalue weighted by Gasteiger charge is -2.28. The van der Waals surface area contributed by atoms with Crippen molar-refractivity contribution in [3.05, 3.63) is 35.1 Å². The topological polar surface area (TPSA) is 44.2 Å². The average molecular weight is 489 g/mol. The van der Waals surface area contributed by atoms with Crippen molar-refractivity contribution < 1.29 is 9.47 Å². The summed E-state index contributed by atoms with van der Waals surface area (Å²) < 4.78 is 12.7. The third-order valence-corrected chi connectivity index (χ3v) is 6.90. The molecule has 1 fully saturated rings. The number of unbranched alkanes of at least 4 members (excludes halogenated alkanes) is 3. The molecule has 2 aromatic rings. The Balaban J connectivity index is 1.45. The number of benzene rings is 1. The molecule has 1 saturated carbocycles. The van der Waals surface area contributed by atoms with Crippen LogP contribution in [0.1, 0.15) is 78.1 Å². The van der Waals surface area contributed by atoms with Crippen molar-refractivity contribution in [3.63, 3.8) is 0 Å². The van der Waals surface area contributed by atoms with Crippen molar-refractivity contribution >= 4 is 15.9 Å². The first-order chi connectivity index (χ1) is 15.2. The quantitative estimate of drug-likeness (QED) is 0.285. The van der Waals surface area contributed by atoms with Gasteiger partial charge in [-0.1, -0.05) is 64.9 Å². The molecule has 1 aliphatic carbocycles. The molecule has 0 atom stereocenters. The van der Waals surface area contributed by atoms with Crippen LogP contribution in [0, 0.1) is 11.8 Å². The SMILES string of the molecule is CCCCC[C@H]1CC[C@H](COc2ncc(-c3ccc(OCCCC)c(Br)c3)cn2)CC1. The molecule has 3 rings (SSSR count). The number of nitrogens with zero attached hydrogens (tertiary/aromatic N) is 2. The molecule has 1 heterocycles. The Labute approximate surface area is 196 Å². The number of ether oxygens (including phenoxy) is 2. The van der Waals surface area contributed by atoms with Gasteiger partial charge in [0, 0.05) is 18.0 Å². The highest BCUT2D eigenvalue weighted by molar-refractivity contribution is 9.10. The van der Waals surface area contributed by atoms with Crippen LogP contribution in [-0.2, 0) is 0 Å². The summed E-state index contributed by atoms with van der Waals surface area (Å²) in [4.78, 5) is 8.87. The zero-order chi connectivity index (χ0) is 21.9. The van der Waals surface area contributed by atoms with Gasteiger partial charge in [-0.05, 0) is 64.7 Å². The summed E-state index contributed by atoms with van der Waals surface area (Å²) in [6.07, 6.45) is 16.6. The van der Waals surface area contributed by atoms with Gasteiger partial charge in [-0.3, -0.25) is 0 Å². The third kappa shape index (κ3) is 7.78. The summed E-state index contributed by atoms with van der Waals surface area (Å²) in [5.41, 5.74) is 2.03. The second kappa shape index (κ2) is 13.0. The lowest BCUT2D eigenvalue weighted by atomic mass is 9.80. The molecule has 0 radical (unpaired) electrons. The summed E-state index contributed by atoms with van der Waals surface area (Å²) >= 11 is 3.61. The maximum atomic E-state index is 5.92. The molecule has 1 aromatic carbocycles. The molecule has 0 spiro atoms. The van der Waals surface area contributed by atoms with Gasteiger partial charge in [-0.15, -0.1) is 0 Å². The van der Waals surface area contributed by atoms with E-state index in [2.05, 4.69) is 45.8 Å². The van der Waals surface area contributed by atoms with E-state index in [1.807, 2.05) is 24.5 Å². The van der Waals surface area contributed by atoms with Crippen LogP contribution in [0.15, 0.2) is 35.1 Å². The number of hydrogen-bond donors (Lipinski definition) is 0. The minimum absolute atomic E-state index is 0.479. The first kappa shape index (κ1) is 24.0. The zero-order valence-corrected chi connectivity index (χ0v) is 20.7. The Morgan fingerprint density at radius 3 is 2.26 bits per heavy atom. The monoisotopic (exact) mass is 488 g/mol. The predicted octanol–water partition coefficient (Wildman–Crippen LogP) is 7.85. The van der Waals surface area contributed by atoms with Gasteiger partial charge in [0.1, 0.15) is 5.75 Å². The number of rotatable bonds is 12. The molecule has 0 amide bonds. The van der Waals surface area contributed by atoms with Crippen molar-refractivity contribution in [1.82, 2.24) is 9.97 Å². The Morgan fingerprint density at radius 2 is 1.58 bits per heavy atom. The minimum Gasteiger partial charge on any atom is -0.492 e. The lowest BCUT2D eigenvalue weighted by Crippen LogP contribution is -2.20. The van der Waals surface area contributed by atoms with Crippen LogP contribution in [0.2, 0.25) is 0 Å². The van der Waals surface area contributed by atoms with E-state index < -0.39 is 0 Å². The number of halogens is 1. The van der Waals surface area contributed by atoms with Crippen LogP contribution < -0.4 is 9.47 Å². The highest BCUT2D eigenvalue weighted by Gasteiger charge is 2.21. The summed E-state index contributed by atoms with van der Waals surface area (Å²) in [5.74, 6) is 2.45. The molecule has 1 aromatic heterocycles. The fourth-order valence-corrected chi connectivity index (χ4v) is 4.72. The molecular weight excluding hydrogens is 452 g/mol. The van der Waals surface area contributed by atoms with Gasteiger partial charge < -0.3 is 9.47 Å². The fourth-order valence-electron chi connectivity index (χ4n) is 4.23. The normalized spacial score (nSPS) is 18.7. The predicted molar refractivity (Wildman–Crippen MR) is 131 cm³/mol. The van der Waals surface area contributed by atoms with E-state index in [-0.39, 0.29) is 0 Å². The Kier molecular flexibility index (Phi) is 10.1. The van der Waals surface area contributed by atoms with Crippen LogP contribution >= 0.6 is 15.9 Å². The molecule has 170 valence electrons. The van der Waals surface area contributed by atoms with Gasteiger partial charge in [0.05, 0.1) is 17.7 Å². The second-order valence-corrected chi connectivity index (χ2v) is 9.65. The van der Waals surface area contributed by atoms with Gasteiger partial charge in [0.15, 0.2) is 0 Å². The first-order valence-electron chi connectivity index (χ1n) is 12.1. The summed E-state index contributed by atoms with van der Waals surface area (Å²) in [6, 6.07) is 6.58. The molecule has 0 saturated heterocycles. The Bertz CT molecular complexity index is 773. The number of hydrogen-bond acceptors (Lipinski definition) is 4. The van der Waals surface area contributed by atoms with Gasteiger partial charge in [-0.25, -0.2) is 9.97 Å². The molecule has 5 heteroatoms. The van der Waals surface area contributed by atoms with Crippen molar-refractivity contribution in [1.29, 1.82) is 0 Å². The lowest BCUT2D eigenvalue weighted by molar-refractivity contribution is 0.169. The first-order valence-corrected chi connectivity index (χ1v) is 12.9. The van der Waals surface area contributed by atoms with E-state index in [1.165, 1.54) is 51.4 Å². The summed E-state index contributed by atoms with van der Waals surface area (Å²) in [7, 11) is 0. The van der Waals surface area contributed by atoms with E-state index in [0.717, 1.165) is 53.3 Å². The minimum atomic E-state index is 0.479. The van der Waals surface area contributed by atoms with Crippen molar-refractivity contribution in [2.75, 3.05) is 13.2 Å². The van der Waals surface area contributed by atoms with Crippen molar-refractivity contribution in [3.8, 4) is 22.9 Å². The van der Waals surface area contributed by atoms with E-state index >= 15 is 0 Å². The molecule has 0 bridgehead atoms. The van der Waals surface area contributed by atoms with Crippen LogP contribution in [0.25, 0.3) is 11.1 Å². The van der Waals surface area contributed by atoms with E-state index in [4.69, 9.17) is 9.47 Å². The smallest absolute Gasteiger partial charge is 0.316 e. The second-order valence-electron chi connectivity index (χ2n) is 8.80. The maximum absolute atomic E-state index is 5.92. The highest BCUT2D eigenvalue weighted by atomic mass is 79.9. The van der Waals surface area contributed by atoms with Gasteiger partial charge in [0.25, 0.3) is 0 Å². The summed E-state index contributed by atoms with van der Waals surface area (Å²) in [6.45, 7) is 5.91. The molecule has 1 aliphatic rings. The highest BCUT2D eigenvalue weighted by Crippen LogP contribution is 2.33. The van der Waals surface area contributed by atoms with Crippen molar-refractivity contribution in [2.45, 2.75) is 78.1 Å².